The lowest BCUT2D eigenvalue weighted by atomic mass is 10.0. The molecule has 21 heavy (non-hydrogen) atoms. The molecule has 2 aromatic carbocycles. The van der Waals surface area contributed by atoms with Gasteiger partial charge in [-0.25, -0.2) is 17.9 Å². The summed E-state index contributed by atoms with van der Waals surface area (Å²) < 4.78 is 25.4. The Kier molecular flexibility index (Phi) is 4.18. The molecule has 2 N–H and O–H groups in total. The summed E-state index contributed by atoms with van der Waals surface area (Å²) in [6.45, 7) is 5.00. The molecule has 0 heterocycles. The Bertz CT molecular complexity index is 783. The third kappa shape index (κ3) is 3.33. The van der Waals surface area contributed by atoms with Crippen molar-refractivity contribution in [2.45, 2.75) is 26.0 Å². The Balaban J connectivity index is 2.29. The number of nitrogens with one attached hydrogen (secondary N) is 2. The lowest BCUT2D eigenvalue weighted by molar-refractivity contribution is 0.256. The van der Waals surface area contributed by atoms with Crippen LogP contribution in [0.1, 0.15) is 19.4 Å². The fraction of sp³-hybridized carbons (Fsp3) is 0.267. The molecule has 0 aromatic heterocycles. The lowest BCUT2D eigenvalue weighted by Crippen LogP contribution is -2.38. The standard InChI is InChI=1S/C15H18N2O3S/c1-10(2)21(19,20)17-15(18)16-14-9-8-11(3)12-6-4-5-7-13(12)14/h4-10H,1-3H3,(H2,16,17,18). The van der Waals surface area contributed by atoms with Crippen molar-refractivity contribution in [2.75, 3.05) is 5.32 Å². The van der Waals surface area contributed by atoms with E-state index in [0.29, 0.717) is 5.69 Å². The van der Waals surface area contributed by atoms with Crippen LogP contribution in [0, 0.1) is 6.92 Å². The van der Waals surface area contributed by atoms with Gasteiger partial charge < -0.3 is 5.32 Å². The Hall–Kier alpha value is -2.08. The first-order chi connectivity index (χ1) is 9.81. The van der Waals surface area contributed by atoms with Crippen molar-refractivity contribution < 1.29 is 13.2 Å². The van der Waals surface area contributed by atoms with Crippen molar-refractivity contribution in [3.8, 4) is 0 Å². The van der Waals surface area contributed by atoms with Crippen molar-refractivity contribution in [1.82, 2.24) is 4.72 Å². The Morgan fingerprint density at radius 3 is 2.29 bits per heavy atom. The molecule has 0 radical (unpaired) electrons. The number of fused-ring (bicyclic) bond motifs is 1. The molecule has 0 saturated heterocycles. The van der Waals surface area contributed by atoms with E-state index in [0.717, 1.165) is 16.3 Å². The van der Waals surface area contributed by atoms with E-state index in [1.165, 1.54) is 13.8 Å². The zero-order valence-electron chi connectivity index (χ0n) is 12.2. The molecule has 0 aliphatic rings. The van der Waals surface area contributed by atoms with Crippen LogP contribution in [0.15, 0.2) is 36.4 Å². The molecule has 6 heteroatoms. The zero-order valence-corrected chi connectivity index (χ0v) is 13.0. The summed E-state index contributed by atoms with van der Waals surface area (Å²) in [5.74, 6) is 0. The molecule has 0 aliphatic heterocycles. The predicted molar refractivity (Wildman–Crippen MR) is 84.9 cm³/mol. The molecule has 0 fully saturated rings. The average molecular weight is 306 g/mol. The largest absolute Gasteiger partial charge is 0.332 e. The van der Waals surface area contributed by atoms with E-state index in [2.05, 4.69) is 5.32 Å². The van der Waals surface area contributed by atoms with E-state index in [-0.39, 0.29) is 0 Å². The molecule has 2 rings (SSSR count). The van der Waals surface area contributed by atoms with E-state index >= 15 is 0 Å². The van der Waals surface area contributed by atoms with Gasteiger partial charge in [-0.2, -0.15) is 0 Å². The SMILES string of the molecule is Cc1ccc(NC(=O)NS(=O)(=O)C(C)C)c2ccccc12. The maximum atomic E-state index is 11.9. The first-order valence-corrected chi connectivity index (χ1v) is 8.17. The van der Waals surface area contributed by atoms with Crippen LogP contribution >= 0.6 is 0 Å². The molecule has 112 valence electrons. The van der Waals surface area contributed by atoms with Gasteiger partial charge in [-0.05, 0) is 37.8 Å². The zero-order chi connectivity index (χ0) is 15.6. The minimum absolute atomic E-state index is 0.577. The topological polar surface area (TPSA) is 75.3 Å². The summed E-state index contributed by atoms with van der Waals surface area (Å²) in [5, 5.41) is 3.81. The summed E-state index contributed by atoms with van der Waals surface area (Å²) >= 11 is 0. The molecule has 0 spiro atoms. The van der Waals surface area contributed by atoms with Crippen molar-refractivity contribution in [3.63, 3.8) is 0 Å². The average Bonchev–Trinajstić information content (AvgIpc) is 2.41. The van der Waals surface area contributed by atoms with E-state index in [9.17, 15) is 13.2 Å². The predicted octanol–water partition coefficient (Wildman–Crippen LogP) is 3.01. The number of aryl methyl sites for hydroxylation is 1. The molecule has 0 unspecified atom stereocenters. The Morgan fingerprint density at radius 1 is 1.05 bits per heavy atom. The molecule has 5 nitrogen and oxygen atoms in total. The number of sulfonamides is 1. The van der Waals surface area contributed by atoms with Gasteiger partial charge in [0.25, 0.3) is 0 Å². The molecule has 0 saturated carbocycles. The van der Waals surface area contributed by atoms with Crippen LogP contribution < -0.4 is 10.0 Å². The van der Waals surface area contributed by atoms with Crippen LogP contribution in [-0.4, -0.2) is 19.7 Å². The van der Waals surface area contributed by atoms with Gasteiger partial charge in [-0.15, -0.1) is 0 Å². The second-order valence-electron chi connectivity index (χ2n) is 5.13. The molecule has 0 bridgehead atoms. The Labute approximate surface area is 124 Å². The second-order valence-corrected chi connectivity index (χ2v) is 7.36. The number of hydrogen-bond donors (Lipinski definition) is 2. The third-order valence-corrected chi connectivity index (χ3v) is 4.96. The van der Waals surface area contributed by atoms with Crippen LogP contribution in [0.25, 0.3) is 10.8 Å². The van der Waals surface area contributed by atoms with Crippen molar-refractivity contribution in [1.29, 1.82) is 0 Å². The maximum Gasteiger partial charge on any atom is 0.332 e. The highest BCUT2D eigenvalue weighted by atomic mass is 32.2. The van der Waals surface area contributed by atoms with Crippen LogP contribution in [0.5, 0.6) is 0 Å². The number of carbonyl (C=O) groups is 1. The van der Waals surface area contributed by atoms with Gasteiger partial charge in [0, 0.05) is 5.39 Å². The van der Waals surface area contributed by atoms with E-state index < -0.39 is 21.3 Å². The summed E-state index contributed by atoms with van der Waals surface area (Å²) in [6.07, 6.45) is 0. The van der Waals surface area contributed by atoms with E-state index in [4.69, 9.17) is 0 Å². The maximum absolute atomic E-state index is 11.9. The minimum atomic E-state index is -3.64. The van der Waals surface area contributed by atoms with Gasteiger partial charge in [0.2, 0.25) is 10.0 Å². The van der Waals surface area contributed by atoms with Crippen LogP contribution in [-0.2, 0) is 10.0 Å². The van der Waals surface area contributed by atoms with Gasteiger partial charge in [-0.1, -0.05) is 30.3 Å². The fourth-order valence-corrected chi connectivity index (χ4v) is 2.50. The first kappa shape index (κ1) is 15.3. The number of rotatable bonds is 3. The molecule has 0 aliphatic carbocycles. The molecule has 0 atom stereocenters. The van der Waals surface area contributed by atoms with Gasteiger partial charge in [-0.3, -0.25) is 0 Å². The highest BCUT2D eigenvalue weighted by molar-refractivity contribution is 7.90. The number of hydrogen-bond acceptors (Lipinski definition) is 3. The summed E-state index contributed by atoms with van der Waals surface area (Å²) in [6, 6.07) is 10.5. The number of benzene rings is 2. The quantitative estimate of drug-likeness (QED) is 0.915. The van der Waals surface area contributed by atoms with Crippen molar-refractivity contribution in [3.05, 3.63) is 42.0 Å². The Morgan fingerprint density at radius 2 is 1.67 bits per heavy atom. The molecular formula is C15H18N2O3S. The minimum Gasteiger partial charge on any atom is -0.307 e. The van der Waals surface area contributed by atoms with E-state index in [1.807, 2.05) is 42.0 Å². The highest BCUT2D eigenvalue weighted by Gasteiger charge is 2.19. The first-order valence-electron chi connectivity index (χ1n) is 6.62. The number of carbonyl (C=O) groups excluding carboxylic acids is 1. The van der Waals surface area contributed by atoms with Gasteiger partial charge >= 0.3 is 6.03 Å². The van der Waals surface area contributed by atoms with E-state index in [1.54, 1.807) is 6.07 Å². The molecular weight excluding hydrogens is 288 g/mol. The van der Waals surface area contributed by atoms with Crippen LogP contribution in [0.2, 0.25) is 0 Å². The summed E-state index contributed by atoms with van der Waals surface area (Å²) in [4.78, 5) is 11.9. The monoisotopic (exact) mass is 306 g/mol. The number of urea groups is 1. The number of anilines is 1. The second kappa shape index (κ2) is 5.73. The summed E-state index contributed by atoms with van der Waals surface area (Å²) in [7, 11) is -3.64. The smallest absolute Gasteiger partial charge is 0.307 e. The number of amides is 2. The fourth-order valence-electron chi connectivity index (χ4n) is 1.95. The van der Waals surface area contributed by atoms with Crippen LogP contribution in [0.3, 0.4) is 0 Å². The van der Waals surface area contributed by atoms with Gasteiger partial charge in [0.05, 0.1) is 10.9 Å². The van der Waals surface area contributed by atoms with Crippen molar-refractivity contribution >= 4 is 32.5 Å². The highest BCUT2D eigenvalue weighted by Crippen LogP contribution is 2.26. The lowest BCUT2D eigenvalue weighted by Gasteiger charge is -2.13. The van der Waals surface area contributed by atoms with Gasteiger partial charge in [0.15, 0.2) is 0 Å². The van der Waals surface area contributed by atoms with Crippen LogP contribution in [0.4, 0.5) is 10.5 Å². The van der Waals surface area contributed by atoms with Crippen molar-refractivity contribution in [2.24, 2.45) is 0 Å². The van der Waals surface area contributed by atoms with Gasteiger partial charge in [0.1, 0.15) is 0 Å². The molecule has 2 aromatic rings. The molecule has 2 amide bonds. The third-order valence-electron chi connectivity index (χ3n) is 3.25. The normalized spacial score (nSPS) is 11.6. The summed E-state index contributed by atoms with van der Waals surface area (Å²) in [5.41, 5.74) is 1.67.